The number of carboxylic acids is 1. The second-order valence-electron chi connectivity index (χ2n) is 6.17. The molecule has 1 atom stereocenters. The van der Waals surface area contributed by atoms with Gasteiger partial charge in [0.1, 0.15) is 6.04 Å². The summed E-state index contributed by atoms with van der Waals surface area (Å²) in [5.41, 5.74) is 9.83. The number of carboxylic acid groups (broad SMARTS) is 1. The highest BCUT2D eigenvalue weighted by Crippen LogP contribution is 2.10. The number of rotatable bonds is 16. The molecular formula is C17H33N3O4. The summed E-state index contributed by atoms with van der Waals surface area (Å²) in [6.45, 7) is 2.20. The molecule has 0 unspecified atom stereocenters. The molecule has 0 aliphatic heterocycles. The highest BCUT2D eigenvalue weighted by Gasteiger charge is 2.18. The van der Waals surface area contributed by atoms with Gasteiger partial charge >= 0.3 is 5.97 Å². The van der Waals surface area contributed by atoms with E-state index in [0.717, 1.165) is 19.3 Å². The number of hydrogen-bond donors (Lipinski definition) is 4. The van der Waals surface area contributed by atoms with Crippen LogP contribution in [-0.4, -0.2) is 28.9 Å². The van der Waals surface area contributed by atoms with Gasteiger partial charge in [-0.25, -0.2) is 5.43 Å². The molecule has 7 heteroatoms. The van der Waals surface area contributed by atoms with E-state index < -0.39 is 17.9 Å². The van der Waals surface area contributed by atoms with Crippen LogP contribution in [0.3, 0.4) is 0 Å². The molecule has 0 aromatic carbocycles. The Bertz CT molecular complexity index is 375. The predicted molar refractivity (Wildman–Crippen MR) is 93.0 cm³/mol. The van der Waals surface area contributed by atoms with E-state index in [9.17, 15) is 14.4 Å². The minimum atomic E-state index is -1.13. The summed E-state index contributed by atoms with van der Waals surface area (Å²) in [4.78, 5) is 33.3. The van der Waals surface area contributed by atoms with Crippen LogP contribution in [0.15, 0.2) is 0 Å². The number of hydrogen-bond acceptors (Lipinski definition) is 4. The number of primary amides is 1. The fourth-order valence-electron chi connectivity index (χ4n) is 2.37. The van der Waals surface area contributed by atoms with Crippen molar-refractivity contribution in [3.63, 3.8) is 0 Å². The lowest BCUT2D eigenvalue weighted by Gasteiger charge is -2.14. The molecule has 0 bridgehead atoms. The van der Waals surface area contributed by atoms with Gasteiger partial charge in [0.05, 0.1) is 0 Å². The number of aliphatic carboxylic acids is 1. The molecule has 0 heterocycles. The van der Waals surface area contributed by atoms with Gasteiger partial charge < -0.3 is 10.8 Å². The van der Waals surface area contributed by atoms with Crippen LogP contribution in [0, 0.1) is 0 Å². The molecule has 0 aliphatic carbocycles. The number of carbonyl (C=O) groups is 3. The van der Waals surface area contributed by atoms with Crippen LogP contribution in [-0.2, 0) is 14.4 Å². The zero-order valence-corrected chi connectivity index (χ0v) is 14.8. The summed E-state index contributed by atoms with van der Waals surface area (Å²) in [6, 6.07) is -1.01. The van der Waals surface area contributed by atoms with E-state index in [0.29, 0.717) is 6.42 Å². The molecule has 140 valence electrons. The second-order valence-corrected chi connectivity index (χ2v) is 6.17. The molecule has 0 saturated carbocycles. The average molecular weight is 343 g/mol. The van der Waals surface area contributed by atoms with Crippen molar-refractivity contribution in [1.82, 2.24) is 10.9 Å². The van der Waals surface area contributed by atoms with Crippen molar-refractivity contribution in [2.75, 3.05) is 0 Å². The lowest BCUT2D eigenvalue weighted by molar-refractivity contribution is -0.140. The van der Waals surface area contributed by atoms with Crippen LogP contribution in [0.25, 0.3) is 0 Å². The molecular weight excluding hydrogens is 310 g/mol. The molecule has 5 N–H and O–H groups in total. The van der Waals surface area contributed by atoms with Gasteiger partial charge in [-0.15, -0.1) is 0 Å². The molecule has 0 spiro atoms. The van der Waals surface area contributed by atoms with E-state index in [1.54, 1.807) is 0 Å². The largest absolute Gasteiger partial charge is 0.480 e. The third-order valence-corrected chi connectivity index (χ3v) is 3.87. The first-order chi connectivity index (χ1) is 11.5. The van der Waals surface area contributed by atoms with Gasteiger partial charge in [0.25, 0.3) is 0 Å². The summed E-state index contributed by atoms with van der Waals surface area (Å²) in [7, 11) is 0. The quantitative estimate of drug-likeness (QED) is 0.253. The van der Waals surface area contributed by atoms with Crippen molar-refractivity contribution in [2.24, 2.45) is 5.73 Å². The molecule has 2 amide bonds. The van der Waals surface area contributed by atoms with Gasteiger partial charge in [-0.3, -0.25) is 19.8 Å². The maximum atomic E-state index is 11.7. The van der Waals surface area contributed by atoms with E-state index in [1.165, 1.54) is 38.5 Å². The first kappa shape index (κ1) is 22.4. The Kier molecular flexibility index (Phi) is 13.9. The van der Waals surface area contributed by atoms with Crippen LogP contribution in [0.4, 0.5) is 0 Å². The third kappa shape index (κ3) is 14.0. The monoisotopic (exact) mass is 343 g/mol. The van der Waals surface area contributed by atoms with Crippen LogP contribution in [0.5, 0.6) is 0 Å². The van der Waals surface area contributed by atoms with E-state index in [1.807, 2.05) is 0 Å². The Morgan fingerprint density at radius 1 is 0.917 bits per heavy atom. The van der Waals surface area contributed by atoms with Crippen molar-refractivity contribution in [2.45, 2.75) is 90.0 Å². The summed E-state index contributed by atoms with van der Waals surface area (Å²) in [6.07, 6.45) is 10.9. The Morgan fingerprint density at radius 3 is 1.96 bits per heavy atom. The third-order valence-electron chi connectivity index (χ3n) is 3.87. The maximum absolute atomic E-state index is 11.7. The van der Waals surface area contributed by atoms with Crippen molar-refractivity contribution in [3.8, 4) is 0 Å². The molecule has 0 saturated heterocycles. The Morgan fingerprint density at radius 2 is 1.46 bits per heavy atom. The first-order valence-electron chi connectivity index (χ1n) is 9.02. The molecule has 0 aromatic rings. The highest BCUT2D eigenvalue weighted by atomic mass is 16.4. The zero-order valence-electron chi connectivity index (χ0n) is 14.8. The number of amides is 2. The summed E-state index contributed by atoms with van der Waals surface area (Å²) in [5, 5.41) is 8.98. The maximum Gasteiger partial charge on any atom is 0.322 e. The number of carbonyl (C=O) groups excluding carboxylic acids is 2. The van der Waals surface area contributed by atoms with E-state index in [2.05, 4.69) is 17.8 Å². The summed E-state index contributed by atoms with van der Waals surface area (Å²) in [5.74, 6) is -1.92. The minimum Gasteiger partial charge on any atom is -0.480 e. The molecule has 0 aliphatic rings. The molecule has 0 rings (SSSR count). The molecule has 0 fully saturated rings. The SMILES string of the molecule is CCCCCCCCCCCC(=O)NN[C@@H](CCC(N)=O)C(=O)O. The molecule has 0 aromatic heterocycles. The van der Waals surface area contributed by atoms with Crippen molar-refractivity contribution in [3.05, 3.63) is 0 Å². The minimum absolute atomic E-state index is 0.0436. The van der Waals surface area contributed by atoms with Crippen LogP contribution in [0.1, 0.15) is 84.0 Å². The van der Waals surface area contributed by atoms with Gasteiger partial charge in [0, 0.05) is 12.8 Å². The molecule has 24 heavy (non-hydrogen) atoms. The fourth-order valence-corrected chi connectivity index (χ4v) is 2.37. The van der Waals surface area contributed by atoms with E-state index >= 15 is 0 Å². The van der Waals surface area contributed by atoms with Gasteiger partial charge in [-0.05, 0) is 12.8 Å². The highest BCUT2D eigenvalue weighted by molar-refractivity contribution is 5.78. The zero-order chi connectivity index (χ0) is 18.2. The van der Waals surface area contributed by atoms with Crippen LogP contribution < -0.4 is 16.6 Å². The number of unbranched alkanes of at least 4 members (excludes halogenated alkanes) is 8. The lowest BCUT2D eigenvalue weighted by Crippen LogP contribution is -2.48. The number of nitrogens with two attached hydrogens (primary N) is 1. The van der Waals surface area contributed by atoms with Crippen molar-refractivity contribution in [1.29, 1.82) is 0 Å². The Hall–Kier alpha value is -1.63. The summed E-state index contributed by atoms with van der Waals surface area (Å²) >= 11 is 0. The first-order valence-corrected chi connectivity index (χ1v) is 9.02. The number of nitrogens with one attached hydrogen (secondary N) is 2. The summed E-state index contributed by atoms with van der Waals surface area (Å²) < 4.78 is 0. The topological polar surface area (TPSA) is 122 Å². The van der Waals surface area contributed by atoms with Gasteiger partial charge in [-0.1, -0.05) is 58.3 Å². The molecule has 7 nitrogen and oxygen atoms in total. The standard InChI is InChI=1S/C17H33N3O4/c1-2-3-4-5-6-7-8-9-10-11-16(22)20-19-14(17(23)24)12-13-15(18)21/h14,19H,2-13H2,1H3,(H2,18,21)(H,20,22)(H,23,24)/t14-/m0/s1. The smallest absolute Gasteiger partial charge is 0.322 e. The van der Waals surface area contributed by atoms with Crippen LogP contribution in [0.2, 0.25) is 0 Å². The predicted octanol–water partition coefficient (Wildman–Crippen LogP) is 2.25. The van der Waals surface area contributed by atoms with Gasteiger partial charge in [-0.2, -0.15) is 0 Å². The lowest BCUT2D eigenvalue weighted by atomic mass is 10.1. The average Bonchev–Trinajstić information content (AvgIpc) is 2.52. The number of hydrazine groups is 1. The Balaban J connectivity index is 3.63. The Labute approximate surface area is 144 Å². The van der Waals surface area contributed by atoms with E-state index in [4.69, 9.17) is 10.8 Å². The fraction of sp³-hybridized carbons (Fsp3) is 0.824. The van der Waals surface area contributed by atoms with Crippen molar-refractivity contribution >= 4 is 17.8 Å². The normalized spacial score (nSPS) is 11.9. The van der Waals surface area contributed by atoms with Gasteiger partial charge in [0.15, 0.2) is 0 Å². The van der Waals surface area contributed by atoms with E-state index in [-0.39, 0.29) is 18.7 Å². The molecule has 0 radical (unpaired) electrons. The van der Waals surface area contributed by atoms with Crippen LogP contribution >= 0.6 is 0 Å². The van der Waals surface area contributed by atoms with Crippen molar-refractivity contribution < 1.29 is 19.5 Å². The second kappa shape index (κ2) is 14.9. The van der Waals surface area contributed by atoms with Gasteiger partial charge in [0.2, 0.25) is 11.8 Å².